The smallest absolute Gasteiger partial charge is 0.257 e. The van der Waals surface area contributed by atoms with E-state index in [-0.39, 0.29) is 12.6 Å². The van der Waals surface area contributed by atoms with Crippen molar-refractivity contribution in [3.8, 4) is 5.75 Å². The molecule has 1 amide bonds. The molecule has 0 radical (unpaired) electrons. The highest BCUT2D eigenvalue weighted by Crippen LogP contribution is 2.21. The first-order valence-electron chi connectivity index (χ1n) is 7.46. The maximum atomic E-state index is 13.7. The zero-order chi connectivity index (χ0) is 17.7. The van der Waals surface area contributed by atoms with Gasteiger partial charge in [0.2, 0.25) is 0 Å². The van der Waals surface area contributed by atoms with Gasteiger partial charge >= 0.3 is 0 Å². The van der Waals surface area contributed by atoms with Crippen molar-refractivity contribution in [3.05, 3.63) is 65.2 Å². The molecule has 0 bridgehead atoms. The number of nitrogens with zero attached hydrogens (tertiary/aromatic N) is 1. The molecule has 0 heterocycles. The molecule has 1 N–H and O–H groups in total. The van der Waals surface area contributed by atoms with E-state index in [9.17, 15) is 13.6 Å². The monoisotopic (exact) mass is 334 g/mol. The van der Waals surface area contributed by atoms with E-state index >= 15 is 0 Å². The standard InChI is InChI=1S/C18H20F2N2O2/c1-22(2)16(12-7-9-13(24-3)10-8-12)11-21-18(23)17-14(19)5-4-6-15(17)20/h4-10,16H,11H2,1-3H3,(H,21,23). The third-order valence-corrected chi connectivity index (χ3v) is 3.77. The van der Waals surface area contributed by atoms with Crippen LogP contribution in [0.3, 0.4) is 0 Å². The number of halogens is 2. The van der Waals surface area contributed by atoms with Gasteiger partial charge < -0.3 is 15.0 Å². The van der Waals surface area contributed by atoms with Crippen molar-refractivity contribution in [1.29, 1.82) is 0 Å². The van der Waals surface area contributed by atoms with Crippen LogP contribution in [0, 0.1) is 11.6 Å². The highest BCUT2D eigenvalue weighted by Gasteiger charge is 2.20. The number of hydrogen-bond acceptors (Lipinski definition) is 3. The second-order valence-electron chi connectivity index (χ2n) is 5.56. The fourth-order valence-electron chi connectivity index (χ4n) is 2.42. The molecule has 2 aromatic rings. The second kappa shape index (κ2) is 7.88. The predicted octanol–water partition coefficient (Wildman–Crippen LogP) is 3.01. The van der Waals surface area contributed by atoms with Gasteiger partial charge in [-0.25, -0.2) is 8.78 Å². The van der Waals surface area contributed by atoms with Crippen LogP contribution < -0.4 is 10.1 Å². The van der Waals surface area contributed by atoms with Crippen LogP contribution in [0.5, 0.6) is 5.75 Å². The summed E-state index contributed by atoms with van der Waals surface area (Å²) in [6.45, 7) is 0.214. The minimum absolute atomic E-state index is 0.144. The number of ether oxygens (including phenoxy) is 1. The number of carbonyl (C=O) groups is 1. The van der Waals surface area contributed by atoms with Gasteiger partial charge in [0.15, 0.2) is 0 Å². The molecule has 4 nitrogen and oxygen atoms in total. The van der Waals surface area contributed by atoms with E-state index in [4.69, 9.17) is 4.74 Å². The fourth-order valence-corrected chi connectivity index (χ4v) is 2.42. The van der Waals surface area contributed by atoms with Gasteiger partial charge in [0.25, 0.3) is 5.91 Å². The molecule has 0 saturated heterocycles. The maximum absolute atomic E-state index is 13.7. The van der Waals surface area contributed by atoms with Crippen LogP contribution in [0.1, 0.15) is 22.0 Å². The van der Waals surface area contributed by atoms with Gasteiger partial charge in [-0.2, -0.15) is 0 Å². The minimum atomic E-state index is -0.877. The maximum Gasteiger partial charge on any atom is 0.257 e. The van der Waals surface area contributed by atoms with Crippen molar-refractivity contribution in [1.82, 2.24) is 10.2 Å². The Kier molecular flexibility index (Phi) is 5.87. The van der Waals surface area contributed by atoms with E-state index in [0.717, 1.165) is 23.4 Å². The summed E-state index contributed by atoms with van der Waals surface area (Å²) < 4.78 is 32.5. The van der Waals surface area contributed by atoms with E-state index in [1.807, 2.05) is 43.3 Å². The van der Waals surface area contributed by atoms with Crippen LogP contribution in [-0.4, -0.2) is 38.6 Å². The van der Waals surface area contributed by atoms with Crippen molar-refractivity contribution in [3.63, 3.8) is 0 Å². The Morgan fingerprint density at radius 2 is 1.71 bits per heavy atom. The van der Waals surface area contributed by atoms with Gasteiger partial charge in [0.1, 0.15) is 22.9 Å². The highest BCUT2D eigenvalue weighted by molar-refractivity contribution is 5.94. The molecule has 0 fully saturated rings. The molecule has 0 saturated carbocycles. The van der Waals surface area contributed by atoms with Crippen molar-refractivity contribution in [2.24, 2.45) is 0 Å². The van der Waals surface area contributed by atoms with Gasteiger partial charge in [-0.3, -0.25) is 4.79 Å². The number of carbonyl (C=O) groups excluding carboxylic acids is 1. The third-order valence-electron chi connectivity index (χ3n) is 3.77. The Labute approximate surface area is 140 Å². The molecule has 24 heavy (non-hydrogen) atoms. The largest absolute Gasteiger partial charge is 0.497 e. The first-order valence-corrected chi connectivity index (χ1v) is 7.46. The summed E-state index contributed by atoms with van der Waals surface area (Å²) in [6, 6.07) is 10.6. The molecule has 1 unspecified atom stereocenters. The lowest BCUT2D eigenvalue weighted by Crippen LogP contribution is -2.35. The summed E-state index contributed by atoms with van der Waals surface area (Å²) in [7, 11) is 5.32. The molecule has 0 aliphatic carbocycles. The van der Waals surface area contributed by atoms with Crippen LogP contribution in [0.25, 0.3) is 0 Å². The molecule has 128 valence electrons. The minimum Gasteiger partial charge on any atom is -0.497 e. The second-order valence-corrected chi connectivity index (χ2v) is 5.56. The third kappa shape index (κ3) is 4.08. The Hall–Kier alpha value is -2.47. The normalized spacial score (nSPS) is 12.1. The number of nitrogens with one attached hydrogen (secondary N) is 1. The van der Waals surface area contributed by atoms with Crippen molar-refractivity contribution >= 4 is 5.91 Å². The highest BCUT2D eigenvalue weighted by atomic mass is 19.1. The predicted molar refractivity (Wildman–Crippen MR) is 88.1 cm³/mol. The summed E-state index contributed by atoms with van der Waals surface area (Å²) in [4.78, 5) is 14.0. The molecule has 2 rings (SSSR count). The Morgan fingerprint density at radius 1 is 1.12 bits per heavy atom. The molecule has 0 aliphatic heterocycles. The molecule has 2 aromatic carbocycles. The van der Waals surface area contributed by atoms with E-state index in [1.54, 1.807) is 7.11 Å². The summed E-state index contributed by atoms with van der Waals surface area (Å²) in [5, 5.41) is 2.60. The van der Waals surface area contributed by atoms with Crippen molar-refractivity contribution in [2.75, 3.05) is 27.7 Å². The number of methoxy groups -OCH3 is 1. The first kappa shape index (κ1) is 17.9. The number of likely N-dealkylation sites (N-methyl/N-ethyl adjacent to an activating group) is 1. The molecule has 6 heteroatoms. The number of amides is 1. The van der Waals surface area contributed by atoms with E-state index in [1.165, 1.54) is 6.07 Å². The molecular formula is C18H20F2N2O2. The van der Waals surface area contributed by atoms with Gasteiger partial charge in [0.05, 0.1) is 13.2 Å². The summed E-state index contributed by atoms with van der Waals surface area (Å²) in [6.07, 6.45) is 0. The van der Waals surface area contributed by atoms with Crippen LogP contribution in [0.4, 0.5) is 8.78 Å². The van der Waals surface area contributed by atoms with Gasteiger partial charge in [-0.05, 0) is 43.9 Å². The zero-order valence-corrected chi connectivity index (χ0v) is 13.8. The quantitative estimate of drug-likeness (QED) is 0.883. The number of rotatable bonds is 6. The average molecular weight is 334 g/mol. The van der Waals surface area contributed by atoms with Crippen LogP contribution in [-0.2, 0) is 0 Å². The number of hydrogen-bond donors (Lipinski definition) is 1. The van der Waals surface area contributed by atoms with Crippen LogP contribution in [0.15, 0.2) is 42.5 Å². The molecule has 0 aromatic heterocycles. The molecular weight excluding hydrogens is 314 g/mol. The number of benzene rings is 2. The first-order chi connectivity index (χ1) is 11.4. The van der Waals surface area contributed by atoms with Gasteiger partial charge in [-0.15, -0.1) is 0 Å². The average Bonchev–Trinajstić information content (AvgIpc) is 2.55. The van der Waals surface area contributed by atoms with E-state index < -0.39 is 23.1 Å². The summed E-state index contributed by atoms with van der Waals surface area (Å²) >= 11 is 0. The van der Waals surface area contributed by atoms with Crippen LogP contribution >= 0.6 is 0 Å². The Morgan fingerprint density at radius 3 is 2.21 bits per heavy atom. The van der Waals surface area contributed by atoms with Crippen LogP contribution in [0.2, 0.25) is 0 Å². The molecule has 0 aliphatic rings. The van der Waals surface area contributed by atoms with Gasteiger partial charge in [-0.1, -0.05) is 18.2 Å². The fraction of sp³-hybridized carbons (Fsp3) is 0.278. The summed E-state index contributed by atoms with van der Waals surface area (Å²) in [5.41, 5.74) is 0.389. The van der Waals surface area contributed by atoms with Crippen molar-refractivity contribution < 1.29 is 18.3 Å². The molecule has 1 atom stereocenters. The van der Waals surface area contributed by atoms with Crippen molar-refractivity contribution in [2.45, 2.75) is 6.04 Å². The topological polar surface area (TPSA) is 41.6 Å². The lowest BCUT2D eigenvalue weighted by atomic mass is 10.1. The zero-order valence-electron chi connectivity index (χ0n) is 13.8. The lowest BCUT2D eigenvalue weighted by Gasteiger charge is -2.25. The van der Waals surface area contributed by atoms with E-state index in [0.29, 0.717) is 0 Å². The van der Waals surface area contributed by atoms with E-state index in [2.05, 4.69) is 5.32 Å². The SMILES string of the molecule is COc1ccc(C(CNC(=O)c2c(F)cccc2F)N(C)C)cc1. The molecule has 0 spiro atoms. The Balaban J connectivity index is 2.12. The van der Waals surface area contributed by atoms with Gasteiger partial charge in [0, 0.05) is 6.54 Å². The summed E-state index contributed by atoms with van der Waals surface area (Å²) in [5.74, 6) is -1.80. The Bertz CT molecular complexity index is 682. The lowest BCUT2D eigenvalue weighted by molar-refractivity contribution is 0.0933.